The first-order chi connectivity index (χ1) is 13.6. The second-order valence-corrected chi connectivity index (χ2v) is 6.60. The molecule has 0 radical (unpaired) electrons. The van der Waals surface area contributed by atoms with Crippen LogP contribution < -0.4 is 9.47 Å². The molecule has 0 heterocycles. The summed E-state index contributed by atoms with van der Waals surface area (Å²) in [5, 5.41) is 10.4. The quantitative estimate of drug-likeness (QED) is 0.568. The number of hydrogen-bond acceptors (Lipinski definition) is 6. The van der Waals surface area contributed by atoms with Crippen molar-refractivity contribution < 1.29 is 24.1 Å². The van der Waals surface area contributed by atoms with Crippen molar-refractivity contribution in [2.75, 3.05) is 47.6 Å². The fourth-order valence-electron chi connectivity index (χ4n) is 2.91. The second kappa shape index (κ2) is 12.4. The van der Waals surface area contributed by atoms with E-state index in [-0.39, 0.29) is 6.61 Å². The number of rotatable bonds is 13. The van der Waals surface area contributed by atoms with Crippen LogP contribution in [0.1, 0.15) is 11.1 Å². The van der Waals surface area contributed by atoms with E-state index in [1.165, 1.54) is 0 Å². The minimum absolute atomic E-state index is 0.278. The molecule has 0 spiro atoms. The first kappa shape index (κ1) is 22.2. The van der Waals surface area contributed by atoms with Crippen molar-refractivity contribution in [3.63, 3.8) is 0 Å². The highest BCUT2D eigenvalue weighted by molar-refractivity contribution is 5.38. The Kier molecular flexibility index (Phi) is 9.79. The maximum atomic E-state index is 10.4. The Morgan fingerprint density at radius 1 is 0.929 bits per heavy atom. The van der Waals surface area contributed by atoms with Gasteiger partial charge in [-0.25, -0.2) is 0 Å². The molecular weight excluding hydrogens is 358 g/mol. The van der Waals surface area contributed by atoms with Gasteiger partial charge in [0.25, 0.3) is 0 Å². The van der Waals surface area contributed by atoms with Gasteiger partial charge in [-0.05, 0) is 23.3 Å². The lowest BCUT2D eigenvalue weighted by Gasteiger charge is -2.25. The molecule has 0 saturated heterocycles. The molecule has 0 bridgehead atoms. The first-order valence-electron chi connectivity index (χ1n) is 9.37. The van der Waals surface area contributed by atoms with E-state index < -0.39 is 6.10 Å². The molecule has 154 valence electrons. The van der Waals surface area contributed by atoms with Gasteiger partial charge in [0.1, 0.15) is 11.5 Å². The van der Waals surface area contributed by atoms with Crippen molar-refractivity contribution in [3.8, 4) is 11.5 Å². The van der Waals surface area contributed by atoms with E-state index in [9.17, 15) is 5.11 Å². The lowest BCUT2D eigenvalue weighted by atomic mass is 10.1. The van der Waals surface area contributed by atoms with E-state index in [1.807, 2.05) is 48.5 Å². The van der Waals surface area contributed by atoms with Crippen LogP contribution in [0.3, 0.4) is 0 Å². The molecule has 1 N–H and O–H groups in total. The van der Waals surface area contributed by atoms with Gasteiger partial charge >= 0.3 is 0 Å². The zero-order valence-corrected chi connectivity index (χ0v) is 17.0. The highest BCUT2D eigenvalue weighted by Gasteiger charge is 2.14. The van der Waals surface area contributed by atoms with Crippen LogP contribution in [-0.4, -0.2) is 63.7 Å². The Labute approximate surface area is 167 Å². The van der Waals surface area contributed by atoms with Gasteiger partial charge in [0.05, 0.1) is 40.1 Å². The topological polar surface area (TPSA) is 60.4 Å². The molecule has 0 aliphatic rings. The van der Waals surface area contributed by atoms with Crippen LogP contribution in [0.2, 0.25) is 0 Å². The number of nitrogens with zero attached hydrogens (tertiary/aromatic N) is 1. The van der Waals surface area contributed by atoms with Crippen LogP contribution in [0.5, 0.6) is 11.5 Å². The summed E-state index contributed by atoms with van der Waals surface area (Å²) in [6.45, 7) is 3.18. The van der Waals surface area contributed by atoms with E-state index in [4.69, 9.17) is 18.9 Å². The maximum absolute atomic E-state index is 10.4. The first-order valence-corrected chi connectivity index (χ1v) is 9.37. The minimum atomic E-state index is -0.590. The molecule has 2 rings (SSSR count). The highest BCUT2D eigenvalue weighted by atomic mass is 16.5. The third-order valence-electron chi connectivity index (χ3n) is 4.32. The molecular formula is C22H31NO5. The van der Waals surface area contributed by atoms with E-state index >= 15 is 0 Å². The number of methoxy groups -OCH3 is 3. The van der Waals surface area contributed by atoms with Crippen molar-refractivity contribution in [3.05, 3.63) is 59.7 Å². The van der Waals surface area contributed by atoms with Crippen LogP contribution in [0, 0.1) is 0 Å². The van der Waals surface area contributed by atoms with Crippen LogP contribution in [0.25, 0.3) is 0 Å². The molecule has 6 nitrogen and oxygen atoms in total. The predicted molar refractivity (Wildman–Crippen MR) is 109 cm³/mol. The number of aliphatic hydroxyl groups excluding tert-OH is 1. The van der Waals surface area contributed by atoms with Crippen LogP contribution in [0.15, 0.2) is 48.5 Å². The highest BCUT2D eigenvalue weighted by Crippen LogP contribution is 2.23. The van der Waals surface area contributed by atoms with E-state index in [2.05, 4.69) is 4.90 Å². The molecule has 28 heavy (non-hydrogen) atoms. The SMILES string of the molecule is COCCN(Cc1cc(OC)cc(OC)c1)C[C@H](O)COCc1ccccc1. The fraction of sp³-hybridized carbons (Fsp3) is 0.455. The molecule has 0 aliphatic carbocycles. The fourth-order valence-corrected chi connectivity index (χ4v) is 2.91. The average Bonchev–Trinajstić information content (AvgIpc) is 2.72. The van der Waals surface area contributed by atoms with Crippen molar-refractivity contribution >= 4 is 0 Å². The summed E-state index contributed by atoms with van der Waals surface area (Å²) < 4.78 is 21.6. The molecule has 0 fully saturated rings. The standard InChI is InChI=1S/C22H31NO5/c1-25-10-9-23(14-19-11-21(26-2)13-22(12-19)27-3)15-20(24)17-28-16-18-7-5-4-6-8-18/h4-8,11-13,20,24H,9-10,14-17H2,1-3H3/t20-/m0/s1. The van der Waals surface area contributed by atoms with E-state index in [0.717, 1.165) is 22.6 Å². The van der Waals surface area contributed by atoms with Crippen molar-refractivity contribution in [2.45, 2.75) is 19.3 Å². The largest absolute Gasteiger partial charge is 0.497 e. The molecule has 0 saturated carbocycles. The monoisotopic (exact) mass is 389 g/mol. The van der Waals surface area contributed by atoms with Gasteiger partial charge in [-0.2, -0.15) is 0 Å². The van der Waals surface area contributed by atoms with Gasteiger partial charge in [-0.3, -0.25) is 4.90 Å². The van der Waals surface area contributed by atoms with Gasteiger partial charge in [0.2, 0.25) is 0 Å². The average molecular weight is 389 g/mol. The summed E-state index contributed by atoms with van der Waals surface area (Å²) >= 11 is 0. The number of aliphatic hydroxyl groups is 1. The normalized spacial score (nSPS) is 12.2. The smallest absolute Gasteiger partial charge is 0.122 e. The van der Waals surface area contributed by atoms with E-state index in [0.29, 0.717) is 32.8 Å². The molecule has 0 unspecified atom stereocenters. The lowest BCUT2D eigenvalue weighted by molar-refractivity contribution is 0.00478. The number of ether oxygens (including phenoxy) is 4. The molecule has 1 atom stereocenters. The molecule has 0 aliphatic heterocycles. The molecule has 0 amide bonds. The second-order valence-electron chi connectivity index (χ2n) is 6.60. The predicted octanol–water partition coefficient (Wildman–Crippen LogP) is 2.73. The summed E-state index contributed by atoms with van der Waals surface area (Å²) in [5.74, 6) is 1.49. The molecule has 6 heteroatoms. The molecule has 0 aromatic heterocycles. The van der Waals surface area contributed by atoms with Crippen molar-refractivity contribution in [1.82, 2.24) is 4.90 Å². The van der Waals surface area contributed by atoms with Crippen LogP contribution in [-0.2, 0) is 22.6 Å². The van der Waals surface area contributed by atoms with Crippen LogP contribution >= 0.6 is 0 Å². The summed E-state index contributed by atoms with van der Waals surface area (Å²) in [6, 6.07) is 15.7. The summed E-state index contributed by atoms with van der Waals surface area (Å²) in [5.41, 5.74) is 2.14. The Morgan fingerprint density at radius 2 is 1.61 bits per heavy atom. The Hall–Kier alpha value is -2.12. The van der Waals surface area contributed by atoms with Crippen molar-refractivity contribution in [1.29, 1.82) is 0 Å². The van der Waals surface area contributed by atoms with Gasteiger partial charge in [0.15, 0.2) is 0 Å². The summed E-state index contributed by atoms with van der Waals surface area (Å²) in [7, 11) is 4.94. The minimum Gasteiger partial charge on any atom is -0.497 e. The number of hydrogen-bond donors (Lipinski definition) is 1. The molecule has 2 aromatic rings. The van der Waals surface area contributed by atoms with Crippen molar-refractivity contribution in [2.24, 2.45) is 0 Å². The van der Waals surface area contributed by atoms with Gasteiger partial charge < -0.3 is 24.1 Å². The zero-order chi connectivity index (χ0) is 20.2. The van der Waals surface area contributed by atoms with Gasteiger partial charge in [-0.15, -0.1) is 0 Å². The van der Waals surface area contributed by atoms with E-state index in [1.54, 1.807) is 21.3 Å². The van der Waals surface area contributed by atoms with Gasteiger partial charge in [0, 0.05) is 32.8 Å². The zero-order valence-electron chi connectivity index (χ0n) is 17.0. The Morgan fingerprint density at radius 3 is 2.21 bits per heavy atom. The summed E-state index contributed by atoms with van der Waals surface area (Å²) in [4.78, 5) is 2.13. The molecule has 2 aromatic carbocycles. The summed E-state index contributed by atoms with van der Waals surface area (Å²) in [6.07, 6.45) is -0.590. The Bertz CT molecular complexity index is 658. The lowest BCUT2D eigenvalue weighted by Crippen LogP contribution is -2.36. The third-order valence-corrected chi connectivity index (χ3v) is 4.32. The van der Waals surface area contributed by atoms with Crippen LogP contribution in [0.4, 0.5) is 0 Å². The number of benzene rings is 2. The maximum Gasteiger partial charge on any atom is 0.122 e. The Balaban J connectivity index is 1.91. The van der Waals surface area contributed by atoms with Gasteiger partial charge in [-0.1, -0.05) is 30.3 Å². The third kappa shape index (κ3) is 7.86.